The SMILES string of the molecule is CCCC(C)(NC(=O)c1ccc(I)c(O)c1)C(=O)OC. The first-order valence-electron chi connectivity index (χ1n) is 6.23. The van der Waals surface area contributed by atoms with E-state index in [9.17, 15) is 14.7 Å². The minimum Gasteiger partial charge on any atom is -0.507 e. The van der Waals surface area contributed by atoms with Crippen LogP contribution in [0.1, 0.15) is 37.0 Å². The molecule has 1 unspecified atom stereocenters. The Morgan fingerprint density at radius 2 is 2.10 bits per heavy atom. The lowest BCUT2D eigenvalue weighted by Crippen LogP contribution is -2.52. The van der Waals surface area contributed by atoms with Crippen LogP contribution in [0.2, 0.25) is 0 Å². The number of benzene rings is 1. The fourth-order valence-corrected chi connectivity index (χ4v) is 2.25. The van der Waals surface area contributed by atoms with Gasteiger partial charge in [0.2, 0.25) is 0 Å². The van der Waals surface area contributed by atoms with Crippen molar-refractivity contribution in [3.63, 3.8) is 0 Å². The van der Waals surface area contributed by atoms with E-state index in [1.807, 2.05) is 29.5 Å². The molecule has 0 aromatic heterocycles. The van der Waals surface area contributed by atoms with Gasteiger partial charge in [0.05, 0.1) is 10.7 Å². The number of nitrogens with one attached hydrogen (secondary N) is 1. The summed E-state index contributed by atoms with van der Waals surface area (Å²) in [5.74, 6) is -0.867. The van der Waals surface area contributed by atoms with Crippen molar-refractivity contribution in [2.24, 2.45) is 0 Å². The molecule has 0 aliphatic heterocycles. The molecule has 110 valence electrons. The van der Waals surface area contributed by atoms with Crippen LogP contribution in [0.4, 0.5) is 0 Å². The van der Waals surface area contributed by atoms with E-state index < -0.39 is 17.4 Å². The van der Waals surface area contributed by atoms with Gasteiger partial charge in [-0.25, -0.2) is 4.79 Å². The maximum atomic E-state index is 12.2. The van der Waals surface area contributed by atoms with Crippen LogP contribution in [-0.2, 0) is 9.53 Å². The van der Waals surface area contributed by atoms with Crippen LogP contribution in [0.5, 0.6) is 5.75 Å². The number of hydrogen-bond acceptors (Lipinski definition) is 4. The van der Waals surface area contributed by atoms with Gasteiger partial charge in [0.15, 0.2) is 0 Å². The number of halogens is 1. The van der Waals surface area contributed by atoms with E-state index in [4.69, 9.17) is 4.74 Å². The average Bonchev–Trinajstić information content (AvgIpc) is 2.40. The molecule has 0 heterocycles. The summed E-state index contributed by atoms with van der Waals surface area (Å²) in [7, 11) is 1.29. The molecule has 1 rings (SSSR count). The van der Waals surface area contributed by atoms with E-state index in [1.165, 1.54) is 13.2 Å². The molecular formula is C14H18INO4. The summed E-state index contributed by atoms with van der Waals surface area (Å²) in [5, 5.41) is 12.3. The molecule has 0 bridgehead atoms. The quantitative estimate of drug-likeness (QED) is 0.598. The number of hydrogen-bond donors (Lipinski definition) is 2. The predicted molar refractivity (Wildman–Crippen MR) is 83.6 cm³/mol. The van der Waals surface area contributed by atoms with Crippen molar-refractivity contribution in [2.75, 3.05) is 7.11 Å². The Morgan fingerprint density at radius 1 is 1.45 bits per heavy atom. The lowest BCUT2D eigenvalue weighted by atomic mass is 9.95. The van der Waals surface area contributed by atoms with Crippen molar-refractivity contribution >= 4 is 34.5 Å². The third-order valence-corrected chi connectivity index (χ3v) is 3.90. The second-order valence-electron chi connectivity index (χ2n) is 4.69. The first-order chi connectivity index (χ1) is 9.34. The molecule has 20 heavy (non-hydrogen) atoms. The maximum absolute atomic E-state index is 12.2. The molecule has 1 atom stereocenters. The van der Waals surface area contributed by atoms with Gasteiger partial charge < -0.3 is 15.2 Å². The highest BCUT2D eigenvalue weighted by Gasteiger charge is 2.35. The van der Waals surface area contributed by atoms with Crippen molar-refractivity contribution in [1.29, 1.82) is 0 Å². The molecule has 0 aliphatic rings. The topological polar surface area (TPSA) is 75.6 Å². The number of amides is 1. The summed E-state index contributed by atoms with van der Waals surface area (Å²) in [4.78, 5) is 24.0. The summed E-state index contributed by atoms with van der Waals surface area (Å²) in [6.45, 7) is 3.55. The lowest BCUT2D eigenvalue weighted by molar-refractivity contribution is -0.147. The first kappa shape index (κ1) is 16.7. The van der Waals surface area contributed by atoms with Gasteiger partial charge in [0, 0.05) is 5.56 Å². The summed E-state index contributed by atoms with van der Waals surface area (Å²) in [6, 6.07) is 4.61. The molecule has 6 heteroatoms. The molecule has 0 saturated carbocycles. The number of ether oxygens (including phenoxy) is 1. The lowest BCUT2D eigenvalue weighted by Gasteiger charge is -2.27. The molecule has 1 aromatic rings. The summed E-state index contributed by atoms with van der Waals surface area (Å²) in [5.41, 5.74) is -0.770. The van der Waals surface area contributed by atoms with Gasteiger partial charge in [0.1, 0.15) is 11.3 Å². The molecule has 0 radical (unpaired) electrons. The molecule has 0 aliphatic carbocycles. The Morgan fingerprint density at radius 3 is 2.60 bits per heavy atom. The third kappa shape index (κ3) is 3.84. The Hall–Kier alpha value is -1.31. The van der Waals surface area contributed by atoms with Crippen molar-refractivity contribution in [2.45, 2.75) is 32.2 Å². The fraction of sp³-hybridized carbons (Fsp3) is 0.429. The van der Waals surface area contributed by atoms with Crippen LogP contribution in [0.3, 0.4) is 0 Å². The number of phenols is 1. The summed E-state index contributed by atoms with van der Waals surface area (Å²) < 4.78 is 5.40. The van der Waals surface area contributed by atoms with Crippen LogP contribution in [0.25, 0.3) is 0 Å². The zero-order chi connectivity index (χ0) is 15.3. The fourth-order valence-electron chi connectivity index (χ4n) is 1.92. The first-order valence-corrected chi connectivity index (χ1v) is 7.31. The molecule has 1 aromatic carbocycles. The molecular weight excluding hydrogens is 373 g/mol. The van der Waals surface area contributed by atoms with E-state index in [2.05, 4.69) is 5.32 Å². The number of esters is 1. The van der Waals surface area contributed by atoms with Gasteiger partial charge in [-0.05, 0) is 54.1 Å². The highest BCUT2D eigenvalue weighted by atomic mass is 127. The molecule has 1 amide bonds. The van der Waals surface area contributed by atoms with Crippen molar-refractivity contribution < 1.29 is 19.4 Å². The molecule has 0 spiro atoms. The van der Waals surface area contributed by atoms with E-state index in [-0.39, 0.29) is 5.75 Å². The zero-order valence-corrected chi connectivity index (χ0v) is 13.9. The van der Waals surface area contributed by atoms with Crippen molar-refractivity contribution in [1.82, 2.24) is 5.32 Å². The minimum atomic E-state index is -1.07. The molecule has 0 fully saturated rings. The number of rotatable bonds is 5. The molecule has 0 saturated heterocycles. The third-order valence-electron chi connectivity index (χ3n) is 2.98. The highest BCUT2D eigenvalue weighted by Crippen LogP contribution is 2.21. The van der Waals surface area contributed by atoms with Gasteiger partial charge in [-0.3, -0.25) is 4.79 Å². The van der Waals surface area contributed by atoms with Crippen LogP contribution in [0.15, 0.2) is 18.2 Å². The van der Waals surface area contributed by atoms with Crippen molar-refractivity contribution in [3.8, 4) is 5.75 Å². The number of carbonyl (C=O) groups is 2. The smallest absolute Gasteiger partial charge is 0.331 e. The van der Waals surface area contributed by atoms with Gasteiger partial charge in [0.25, 0.3) is 5.91 Å². The monoisotopic (exact) mass is 391 g/mol. The second kappa shape index (κ2) is 6.92. The van der Waals surface area contributed by atoms with E-state index in [0.717, 1.165) is 6.42 Å². The minimum absolute atomic E-state index is 0.0357. The van der Waals surface area contributed by atoms with Gasteiger partial charge in [-0.15, -0.1) is 0 Å². The van der Waals surface area contributed by atoms with Gasteiger partial charge >= 0.3 is 5.97 Å². The zero-order valence-electron chi connectivity index (χ0n) is 11.7. The van der Waals surface area contributed by atoms with E-state index >= 15 is 0 Å². The Balaban J connectivity index is 2.96. The predicted octanol–water partition coefficient (Wildman–Crippen LogP) is 2.46. The van der Waals surface area contributed by atoms with Crippen LogP contribution in [0, 0.1) is 3.57 Å². The number of carbonyl (C=O) groups excluding carboxylic acids is 2. The molecule has 2 N–H and O–H groups in total. The number of methoxy groups -OCH3 is 1. The Kier molecular flexibility index (Phi) is 5.79. The maximum Gasteiger partial charge on any atom is 0.331 e. The average molecular weight is 391 g/mol. The Labute approximate surface area is 131 Å². The van der Waals surface area contributed by atoms with Gasteiger partial charge in [-0.1, -0.05) is 13.3 Å². The normalized spacial score (nSPS) is 13.4. The van der Waals surface area contributed by atoms with Gasteiger partial charge in [-0.2, -0.15) is 0 Å². The van der Waals surface area contributed by atoms with Crippen LogP contribution < -0.4 is 5.32 Å². The number of aromatic hydroxyl groups is 1. The number of phenolic OH excluding ortho intramolecular Hbond substituents is 1. The van der Waals surface area contributed by atoms with Crippen LogP contribution in [-0.4, -0.2) is 29.6 Å². The van der Waals surface area contributed by atoms with E-state index in [0.29, 0.717) is 15.6 Å². The van der Waals surface area contributed by atoms with Crippen molar-refractivity contribution in [3.05, 3.63) is 27.3 Å². The van der Waals surface area contributed by atoms with E-state index in [1.54, 1.807) is 19.1 Å². The summed E-state index contributed by atoms with van der Waals surface area (Å²) in [6.07, 6.45) is 1.20. The summed E-state index contributed by atoms with van der Waals surface area (Å²) >= 11 is 1.97. The standard InChI is InChI=1S/C14H18INO4/c1-4-7-14(2,13(19)20-3)16-12(18)9-5-6-10(15)11(17)8-9/h5-6,8,17H,4,7H2,1-3H3,(H,16,18). The second-order valence-corrected chi connectivity index (χ2v) is 5.86. The van der Waals surface area contributed by atoms with Crippen LogP contribution >= 0.6 is 22.6 Å². The molecule has 5 nitrogen and oxygen atoms in total. The largest absolute Gasteiger partial charge is 0.507 e. The highest BCUT2D eigenvalue weighted by molar-refractivity contribution is 14.1. The Bertz CT molecular complexity index is 518.